The molecule has 0 saturated carbocycles. The fourth-order valence-corrected chi connectivity index (χ4v) is 9.75. The molecule has 0 spiro atoms. The van der Waals surface area contributed by atoms with Crippen LogP contribution in [-0.4, -0.2) is 87.1 Å². The normalized spacial score (nSPS) is 26.0. The van der Waals surface area contributed by atoms with E-state index in [0.717, 1.165) is 14.6 Å². The lowest BCUT2D eigenvalue weighted by molar-refractivity contribution is -0.143. The van der Waals surface area contributed by atoms with Gasteiger partial charge in [0.1, 0.15) is 5.78 Å². The van der Waals surface area contributed by atoms with Gasteiger partial charge in [-0.05, 0) is 72.9 Å². The standard InChI is InChI=1S/C37H43B3N2O12S3/c43-24(17-28-4-1-13-55-28)16-23-7-8-25-18-36(47)53-39(50-25)32(42-34(45)22-30-6-3-15-57-30)12-10-27-20-37(48)54-40(51-27)31(41-33(44)21-29-5-2-14-56-29)11-9-26-19-35(46)52-38(23)49-26/h1-6,13-15,23,25-27,31-32H,7-12,16-22H2,(H,41,44)(H,42,45)/t23-,25+,26+,27+,31+,32+/m1/s1. The van der Waals surface area contributed by atoms with Crippen molar-refractivity contribution in [2.45, 2.75) is 119 Å². The molecule has 2 amide bonds. The van der Waals surface area contributed by atoms with Gasteiger partial charge in [0, 0.05) is 33.3 Å². The molecule has 0 aromatic carbocycles. The molecule has 6 bridgehead atoms. The van der Waals surface area contributed by atoms with Gasteiger partial charge in [-0.15, -0.1) is 34.0 Å². The molecule has 2 N–H and O–H groups in total. The Morgan fingerprint density at radius 3 is 1.40 bits per heavy atom. The zero-order valence-electron chi connectivity index (χ0n) is 31.2. The van der Waals surface area contributed by atoms with Crippen LogP contribution < -0.4 is 10.6 Å². The van der Waals surface area contributed by atoms with Crippen LogP contribution in [0.5, 0.6) is 0 Å². The molecule has 6 atom stereocenters. The Labute approximate surface area is 343 Å². The molecule has 0 radical (unpaired) electrons. The first kappa shape index (κ1) is 41.4. The summed E-state index contributed by atoms with van der Waals surface area (Å²) >= 11 is 4.37. The number of thiophene rings is 3. The maximum absolute atomic E-state index is 13.4. The average Bonchev–Trinajstić information content (AvgIpc) is 3.98. The second-order valence-electron chi connectivity index (χ2n) is 14.8. The Balaban J connectivity index is 1.15. The van der Waals surface area contributed by atoms with E-state index in [-0.39, 0.29) is 88.2 Å². The molecule has 20 heteroatoms. The highest BCUT2D eigenvalue weighted by molar-refractivity contribution is 7.10. The number of ketones is 1. The van der Waals surface area contributed by atoms with Gasteiger partial charge in [-0.3, -0.25) is 28.8 Å². The van der Waals surface area contributed by atoms with Crippen LogP contribution in [0.4, 0.5) is 0 Å². The van der Waals surface area contributed by atoms with Crippen molar-refractivity contribution in [3.8, 4) is 0 Å². The second kappa shape index (κ2) is 19.8. The minimum Gasteiger partial charge on any atom is -0.509 e. The number of hydrogen-bond donors (Lipinski definition) is 2. The molecule has 0 aliphatic carbocycles. The SMILES string of the molecule is O=C(Cc1cccs1)C[C@H]1CC[C@H]2CC(=O)OB(O2)[C@@H](NC(=O)Cc2cccs2)CC[C@H]2CC(=O)OB(O2)[C@@H](NC(=O)Cc2cccs2)CC[C@H]2CC(=O)OB1O2. The van der Waals surface area contributed by atoms with Crippen LogP contribution in [0.15, 0.2) is 52.5 Å². The fourth-order valence-electron chi connectivity index (χ4n) is 7.61. The summed E-state index contributed by atoms with van der Waals surface area (Å²) in [4.78, 5) is 82.0. The summed E-state index contributed by atoms with van der Waals surface area (Å²) in [6, 6.07) is 11.2. The fraction of sp³-hybridized carbons (Fsp3) is 0.514. The summed E-state index contributed by atoms with van der Waals surface area (Å²) in [5.74, 6) is -4.31. The molecule has 7 heterocycles. The van der Waals surface area contributed by atoms with Crippen molar-refractivity contribution in [3.63, 3.8) is 0 Å². The van der Waals surface area contributed by atoms with Crippen LogP contribution in [-0.2, 0) is 76.0 Å². The molecule has 300 valence electrons. The van der Waals surface area contributed by atoms with Gasteiger partial charge in [0.25, 0.3) is 17.9 Å². The smallest absolute Gasteiger partial charge is 0.509 e. The highest BCUT2D eigenvalue weighted by Gasteiger charge is 2.47. The first-order valence-corrected chi connectivity index (χ1v) is 22.0. The van der Waals surface area contributed by atoms with Gasteiger partial charge in [0.05, 0.1) is 62.3 Å². The van der Waals surface area contributed by atoms with Crippen LogP contribution in [0.25, 0.3) is 0 Å². The summed E-state index contributed by atoms with van der Waals surface area (Å²) in [6.07, 6.45) is 0.0953. The summed E-state index contributed by atoms with van der Waals surface area (Å²) in [6.45, 7) is 0. The van der Waals surface area contributed by atoms with Crippen LogP contribution in [0, 0.1) is 0 Å². The molecular weight excluding hydrogens is 793 g/mol. The minimum atomic E-state index is -1.16. The van der Waals surface area contributed by atoms with E-state index in [4.69, 9.17) is 27.9 Å². The van der Waals surface area contributed by atoms with E-state index in [1.165, 1.54) is 34.0 Å². The third-order valence-electron chi connectivity index (χ3n) is 10.4. The maximum atomic E-state index is 13.4. The summed E-state index contributed by atoms with van der Waals surface area (Å²) in [5, 5.41) is 11.7. The van der Waals surface area contributed by atoms with Crippen molar-refractivity contribution >= 4 is 90.9 Å². The van der Waals surface area contributed by atoms with E-state index < -0.39 is 75.3 Å². The quantitative estimate of drug-likeness (QED) is 0.280. The van der Waals surface area contributed by atoms with Crippen molar-refractivity contribution in [3.05, 3.63) is 67.2 Å². The topological polar surface area (TPSA) is 182 Å². The second-order valence-corrected chi connectivity index (χ2v) is 17.9. The number of Topliss-reactive ketones (excluding diaryl/α,β-unsaturated/α-hetero) is 1. The average molecular weight is 836 g/mol. The van der Waals surface area contributed by atoms with Gasteiger partial charge < -0.3 is 38.6 Å². The molecule has 57 heavy (non-hydrogen) atoms. The first-order chi connectivity index (χ1) is 27.6. The van der Waals surface area contributed by atoms with Crippen molar-refractivity contribution in [1.29, 1.82) is 0 Å². The van der Waals surface area contributed by atoms with Gasteiger partial charge >= 0.3 is 21.4 Å². The number of fused-ring (bicyclic) bond motifs is 6. The molecule has 4 saturated heterocycles. The van der Waals surface area contributed by atoms with Crippen LogP contribution >= 0.6 is 34.0 Å². The van der Waals surface area contributed by atoms with E-state index in [2.05, 4.69) is 10.6 Å². The van der Waals surface area contributed by atoms with Crippen molar-refractivity contribution < 1.29 is 56.7 Å². The highest BCUT2D eigenvalue weighted by atomic mass is 32.1. The Hall–Kier alpha value is -3.81. The number of carbonyl (C=O) groups is 6. The molecule has 4 fully saturated rings. The third-order valence-corrected chi connectivity index (χ3v) is 13.0. The zero-order valence-corrected chi connectivity index (χ0v) is 33.7. The Bertz CT molecular complexity index is 1640. The van der Waals surface area contributed by atoms with Gasteiger partial charge in [-0.1, -0.05) is 18.2 Å². The van der Waals surface area contributed by atoms with E-state index in [1.54, 1.807) is 0 Å². The monoisotopic (exact) mass is 836 g/mol. The van der Waals surface area contributed by atoms with Crippen molar-refractivity contribution in [2.24, 2.45) is 0 Å². The molecule has 7 rings (SSSR count). The Morgan fingerprint density at radius 1 is 0.561 bits per heavy atom. The molecule has 0 unspecified atom stereocenters. The maximum Gasteiger partial charge on any atom is 0.551 e. The lowest BCUT2D eigenvalue weighted by Gasteiger charge is -2.36. The highest BCUT2D eigenvalue weighted by Crippen LogP contribution is 2.33. The van der Waals surface area contributed by atoms with Gasteiger partial charge in [-0.2, -0.15) is 0 Å². The predicted molar refractivity (Wildman–Crippen MR) is 213 cm³/mol. The van der Waals surface area contributed by atoms with Gasteiger partial charge in [-0.25, -0.2) is 0 Å². The lowest BCUT2D eigenvalue weighted by atomic mass is 9.64. The zero-order chi connectivity index (χ0) is 39.7. The molecule has 3 aromatic heterocycles. The van der Waals surface area contributed by atoms with E-state index in [9.17, 15) is 28.8 Å². The Kier molecular flexibility index (Phi) is 14.3. The van der Waals surface area contributed by atoms with Gasteiger partial charge in [0.15, 0.2) is 0 Å². The number of rotatable bonds is 10. The van der Waals surface area contributed by atoms with E-state index in [0.29, 0.717) is 12.8 Å². The van der Waals surface area contributed by atoms with Crippen LogP contribution in [0.3, 0.4) is 0 Å². The number of nitrogens with one attached hydrogen (secondary N) is 2. The molecule has 4 aliphatic heterocycles. The van der Waals surface area contributed by atoms with Gasteiger partial charge in [0.2, 0.25) is 11.8 Å². The summed E-state index contributed by atoms with van der Waals surface area (Å²) < 4.78 is 36.3. The molecule has 14 nitrogen and oxygen atoms in total. The number of amides is 2. The summed E-state index contributed by atoms with van der Waals surface area (Å²) in [7, 11) is -3.36. The number of hydrogen-bond acceptors (Lipinski definition) is 15. The molecule has 3 aromatic rings. The summed E-state index contributed by atoms with van der Waals surface area (Å²) in [5.41, 5.74) is 0. The van der Waals surface area contributed by atoms with Crippen molar-refractivity contribution in [2.75, 3.05) is 0 Å². The van der Waals surface area contributed by atoms with E-state index >= 15 is 0 Å². The molecular formula is C37H43B3N2O12S3. The Morgan fingerprint density at radius 2 is 0.965 bits per heavy atom. The van der Waals surface area contributed by atoms with Crippen LogP contribution in [0.1, 0.15) is 78.8 Å². The third kappa shape index (κ3) is 12.1. The molecule has 4 aliphatic rings. The first-order valence-electron chi connectivity index (χ1n) is 19.3. The minimum absolute atomic E-state index is 0.0466. The number of carbonyl (C=O) groups excluding carboxylic acids is 6. The predicted octanol–water partition coefficient (Wildman–Crippen LogP) is 4.09. The van der Waals surface area contributed by atoms with Crippen molar-refractivity contribution in [1.82, 2.24) is 10.6 Å². The van der Waals surface area contributed by atoms with Crippen LogP contribution in [0.2, 0.25) is 5.82 Å². The van der Waals surface area contributed by atoms with E-state index in [1.807, 2.05) is 52.5 Å². The largest absolute Gasteiger partial charge is 0.551 e. The lowest BCUT2D eigenvalue weighted by Crippen LogP contribution is -2.56.